The number of fused-ring (bicyclic) bond motifs is 4. The van der Waals surface area contributed by atoms with Crippen molar-refractivity contribution in [3.8, 4) is 17.6 Å². The Hall–Kier alpha value is -8.26. The number of primary amides is 1. The molecule has 368 valence electrons. The Kier molecular flexibility index (Phi) is 16.3. The Morgan fingerprint density at radius 2 is 1.07 bits per heavy atom. The van der Waals surface area contributed by atoms with E-state index in [2.05, 4.69) is 47.1 Å². The van der Waals surface area contributed by atoms with Crippen LogP contribution >= 0.6 is 0 Å². The summed E-state index contributed by atoms with van der Waals surface area (Å²) in [7, 11) is 3.16. The van der Waals surface area contributed by atoms with E-state index in [1.54, 1.807) is 26.4 Å². The number of carbonyl (C=O) groups is 5. The van der Waals surface area contributed by atoms with Gasteiger partial charge in [-0.3, -0.25) is 34.2 Å². The molecule has 4 aromatic heterocycles. The van der Waals surface area contributed by atoms with Crippen LogP contribution in [0.1, 0.15) is 85.7 Å². The highest BCUT2D eigenvalue weighted by Crippen LogP contribution is 2.30. The summed E-state index contributed by atoms with van der Waals surface area (Å²) in [5, 5.41) is 33.1. The molecule has 71 heavy (non-hydrogen) atoms. The van der Waals surface area contributed by atoms with Gasteiger partial charge in [0.25, 0.3) is 0 Å². The standard InChI is InChI=1S/C27H31N5O4.C27H29N5O3/c1-15(2)11-16(12-24(33)22-13-18-19(29-22)9-6-10-25(18)36-3)27(35)30-23(26(28)34)14-21-17-7-4-5-8-20(17)31-32-21;1-16(2)11-17(12-25(33)24-14-20-21(30-24)9-6-10-26(20)35-3)27(34)29-18(15-28)13-23-19-7-4-5-8-22(19)31-32-23/h4-10,13,15-16,23,29H,11-12,14H2,1-3H3,(H2,28,34)(H,30,35)(H,31,32);4-10,14,16-18,30H,11-13H2,1-3H3,(H,29,34)(H,31,32)/t16-,23?;17-,18?/m11/s1. The zero-order valence-electron chi connectivity index (χ0n) is 40.7. The van der Waals surface area contributed by atoms with E-state index in [0.717, 1.165) is 49.3 Å². The number of benzene rings is 4. The first-order chi connectivity index (χ1) is 34.1. The van der Waals surface area contributed by atoms with Crippen molar-refractivity contribution in [1.29, 1.82) is 5.26 Å². The third-order valence-corrected chi connectivity index (χ3v) is 12.4. The van der Waals surface area contributed by atoms with E-state index in [4.69, 9.17) is 15.2 Å². The van der Waals surface area contributed by atoms with E-state index >= 15 is 0 Å². The van der Waals surface area contributed by atoms with Crippen LogP contribution in [0, 0.1) is 35.0 Å². The van der Waals surface area contributed by atoms with Crippen molar-refractivity contribution in [3.63, 3.8) is 0 Å². The zero-order valence-corrected chi connectivity index (χ0v) is 40.7. The van der Waals surface area contributed by atoms with Crippen molar-refractivity contribution >= 4 is 72.9 Å². The number of aromatic nitrogens is 6. The highest BCUT2D eigenvalue weighted by molar-refractivity contribution is 6.03. The van der Waals surface area contributed by atoms with Crippen molar-refractivity contribution in [2.75, 3.05) is 14.2 Å². The van der Waals surface area contributed by atoms with Crippen LogP contribution in [0.4, 0.5) is 0 Å². The van der Waals surface area contributed by atoms with Crippen LogP contribution in [0.25, 0.3) is 43.6 Å². The first-order valence-corrected chi connectivity index (χ1v) is 23.7. The lowest BCUT2D eigenvalue weighted by atomic mass is 9.90. The highest BCUT2D eigenvalue weighted by Gasteiger charge is 2.30. The van der Waals surface area contributed by atoms with Crippen molar-refractivity contribution in [3.05, 3.63) is 120 Å². The SMILES string of the molecule is COc1cccc2[nH]c(C(=O)C[C@@H](CC(C)C)C(=O)NC(C#N)Cc3[nH]nc4ccccc34)cc12.COc1cccc2[nH]c(C(=O)C[C@@H](CC(C)C)C(=O)NC(Cc3[nH]nc4ccccc34)C(N)=O)cc12. The number of ether oxygens (including phenoxy) is 2. The summed E-state index contributed by atoms with van der Waals surface area (Å²) in [6.07, 6.45) is 1.53. The number of methoxy groups -OCH3 is 2. The van der Waals surface area contributed by atoms with Crippen LogP contribution in [0.15, 0.2) is 97.1 Å². The van der Waals surface area contributed by atoms with Gasteiger partial charge in [0.2, 0.25) is 17.7 Å². The number of hydrogen-bond donors (Lipinski definition) is 7. The van der Waals surface area contributed by atoms with Crippen LogP contribution in [0.2, 0.25) is 0 Å². The highest BCUT2D eigenvalue weighted by atomic mass is 16.5. The summed E-state index contributed by atoms with van der Waals surface area (Å²) in [6, 6.07) is 30.2. The molecule has 8 aromatic rings. The second kappa shape index (κ2) is 22.9. The van der Waals surface area contributed by atoms with Gasteiger partial charge < -0.3 is 35.8 Å². The van der Waals surface area contributed by atoms with Crippen LogP contribution in [-0.4, -0.2) is 86.0 Å². The molecule has 0 aliphatic rings. The molecular formula is C54H60N10O7. The maximum atomic E-state index is 13.3. The van der Waals surface area contributed by atoms with Gasteiger partial charge in [0.15, 0.2) is 11.6 Å². The molecule has 0 radical (unpaired) electrons. The summed E-state index contributed by atoms with van der Waals surface area (Å²) >= 11 is 0. The Morgan fingerprint density at radius 3 is 1.51 bits per heavy atom. The normalized spacial score (nSPS) is 13.1. The number of hydrogen-bond acceptors (Lipinski definition) is 10. The lowest BCUT2D eigenvalue weighted by molar-refractivity contribution is -0.130. The Bertz CT molecular complexity index is 3230. The maximum Gasteiger partial charge on any atom is 0.240 e. The van der Waals surface area contributed by atoms with Gasteiger partial charge in [-0.25, -0.2) is 0 Å². The van der Waals surface area contributed by atoms with Crippen LogP contribution in [0.5, 0.6) is 11.5 Å². The molecule has 8 rings (SSSR count). The third kappa shape index (κ3) is 12.3. The average molecular weight is 961 g/mol. The maximum absolute atomic E-state index is 13.3. The molecule has 4 aromatic carbocycles. The fourth-order valence-corrected chi connectivity index (χ4v) is 8.96. The van der Waals surface area contributed by atoms with Gasteiger partial charge in [0.05, 0.1) is 42.7 Å². The van der Waals surface area contributed by atoms with E-state index in [9.17, 15) is 29.2 Å². The monoisotopic (exact) mass is 960 g/mol. The van der Waals surface area contributed by atoms with Crippen LogP contribution in [-0.2, 0) is 27.2 Å². The first-order valence-electron chi connectivity index (χ1n) is 23.7. The number of nitriles is 1. The molecule has 17 nitrogen and oxygen atoms in total. The van der Waals surface area contributed by atoms with Gasteiger partial charge in [-0.1, -0.05) is 76.2 Å². The fourth-order valence-electron chi connectivity index (χ4n) is 8.96. The number of nitrogens with one attached hydrogen (secondary N) is 6. The van der Waals surface area contributed by atoms with Crippen molar-refractivity contribution in [1.82, 2.24) is 41.0 Å². The number of carbonyl (C=O) groups excluding carboxylic acids is 5. The number of amides is 3. The average Bonchev–Trinajstić information content (AvgIpc) is 4.18. The largest absolute Gasteiger partial charge is 0.496 e. The number of rotatable bonds is 21. The molecule has 0 fully saturated rings. The summed E-state index contributed by atoms with van der Waals surface area (Å²) in [5.74, 6) is -1.13. The second-order valence-electron chi connectivity index (χ2n) is 18.6. The Morgan fingerprint density at radius 1 is 0.620 bits per heavy atom. The number of nitrogens with zero attached hydrogens (tertiary/aromatic N) is 3. The van der Waals surface area contributed by atoms with Crippen molar-refractivity contribution in [2.24, 2.45) is 29.4 Å². The molecule has 0 aliphatic heterocycles. The fraction of sp³-hybridized carbons (Fsp3) is 0.333. The van der Waals surface area contributed by atoms with Crippen molar-refractivity contribution < 1.29 is 33.4 Å². The molecular weight excluding hydrogens is 901 g/mol. The molecule has 0 saturated heterocycles. The van der Waals surface area contributed by atoms with Gasteiger partial charge in [-0.15, -0.1) is 0 Å². The van der Waals surface area contributed by atoms with Crippen LogP contribution in [0.3, 0.4) is 0 Å². The Balaban J connectivity index is 0.000000209. The van der Waals surface area contributed by atoms with Gasteiger partial charge in [0.1, 0.15) is 23.6 Å². The molecule has 0 saturated carbocycles. The lowest BCUT2D eigenvalue weighted by Crippen LogP contribution is -2.48. The number of para-hydroxylation sites is 2. The number of ketones is 2. The summed E-state index contributed by atoms with van der Waals surface area (Å²) < 4.78 is 10.8. The van der Waals surface area contributed by atoms with E-state index in [1.807, 2.05) is 113 Å². The molecule has 0 spiro atoms. The lowest BCUT2D eigenvalue weighted by Gasteiger charge is -2.21. The molecule has 4 atom stereocenters. The molecule has 0 bridgehead atoms. The predicted molar refractivity (Wildman–Crippen MR) is 272 cm³/mol. The minimum absolute atomic E-state index is 0.00236. The van der Waals surface area contributed by atoms with Gasteiger partial charge in [-0.05, 0) is 73.2 Å². The van der Waals surface area contributed by atoms with Gasteiger partial charge in [-0.2, -0.15) is 15.5 Å². The number of Topliss-reactive ketones (excluding diaryl/α,β-unsaturated/α-hetero) is 2. The number of nitrogens with two attached hydrogens (primary N) is 1. The summed E-state index contributed by atoms with van der Waals surface area (Å²) in [4.78, 5) is 71.3. The second-order valence-corrected chi connectivity index (χ2v) is 18.6. The minimum Gasteiger partial charge on any atom is -0.496 e. The van der Waals surface area contributed by atoms with Gasteiger partial charge in [0, 0.05) is 81.5 Å². The predicted octanol–water partition coefficient (Wildman–Crippen LogP) is 8.04. The first kappa shape index (κ1) is 50.6. The third-order valence-electron chi connectivity index (χ3n) is 12.4. The molecule has 17 heteroatoms. The molecule has 4 heterocycles. The smallest absolute Gasteiger partial charge is 0.240 e. The Labute approximate surface area is 410 Å². The number of aromatic amines is 4. The summed E-state index contributed by atoms with van der Waals surface area (Å²) in [6.45, 7) is 8.00. The molecule has 3 amide bonds. The molecule has 2 unspecified atom stereocenters. The van der Waals surface area contributed by atoms with Gasteiger partial charge >= 0.3 is 0 Å². The van der Waals surface area contributed by atoms with E-state index < -0.39 is 29.8 Å². The van der Waals surface area contributed by atoms with Crippen molar-refractivity contribution in [2.45, 2.75) is 78.3 Å². The summed E-state index contributed by atoms with van der Waals surface area (Å²) in [5.41, 5.74) is 11.1. The molecule has 8 N–H and O–H groups in total. The van der Waals surface area contributed by atoms with E-state index in [0.29, 0.717) is 47.8 Å². The van der Waals surface area contributed by atoms with E-state index in [1.165, 1.54) is 0 Å². The quantitative estimate of drug-likeness (QED) is 0.0341. The van der Waals surface area contributed by atoms with E-state index in [-0.39, 0.29) is 54.5 Å². The zero-order chi connectivity index (χ0) is 50.8. The molecule has 0 aliphatic carbocycles. The minimum atomic E-state index is -0.941. The number of H-pyrrole nitrogens is 4. The van der Waals surface area contributed by atoms with Crippen LogP contribution < -0.4 is 25.8 Å². The topological polar surface area (TPSA) is 267 Å².